The largest absolute Gasteiger partial charge is 0.378 e. The summed E-state index contributed by atoms with van der Waals surface area (Å²) in [5.74, 6) is -0.00566. The smallest absolute Gasteiger partial charge is 0.245 e. The predicted octanol–water partition coefficient (Wildman–Crippen LogP) is 0.292. The summed E-state index contributed by atoms with van der Waals surface area (Å²) < 4.78 is 5.52. The van der Waals surface area contributed by atoms with Crippen molar-refractivity contribution in [3.05, 3.63) is 0 Å². The Morgan fingerprint density at radius 1 is 1.47 bits per heavy atom. The Morgan fingerprint density at radius 2 is 2.29 bits per heavy atom. The second kappa shape index (κ2) is 5.49. The van der Waals surface area contributed by atoms with E-state index in [4.69, 9.17) is 4.74 Å². The fourth-order valence-electron chi connectivity index (χ4n) is 2.41. The first-order valence-electron chi connectivity index (χ1n) is 6.40. The molecule has 1 N–H and O–H groups in total. The van der Waals surface area contributed by atoms with Crippen molar-refractivity contribution in [2.75, 3.05) is 19.7 Å². The number of carbonyl (C=O) groups is 2. The minimum absolute atomic E-state index is 0.0464. The summed E-state index contributed by atoms with van der Waals surface area (Å²) in [4.78, 5) is 25.1. The number of rotatable bonds is 4. The Hall–Kier alpha value is -1.10. The number of carbonyl (C=O) groups excluding carboxylic acids is 2. The van der Waals surface area contributed by atoms with Gasteiger partial charge in [0.05, 0.1) is 12.6 Å². The normalized spacial score (nSPS) is 29.6. The Bertz CT molecular complexity index is 300. The molecule has 2 atom stereocenters. The first kappa shape index (κ1) is 12.4. The molecule has 0 spiro atoms. The van der Waals surface area contributed by atoms with E-state index in [1.54, 1.807) is 4.90 Å². The molecule has 2 fully saturated rings. The minimum atomic E-state index is -0.333. The van der Waals surface area contributed by atoms with E-state index < -0.39 is 0 Å². The molecular weight excluding hydrogens is 220 g/mol. The number of hydrogen-bond donors (Lipinski definition) is 1. The van der Waals surface area contributed by atoms with E-state index in [1.807, 2.05) is 6.92 Å². The predicted molar refractivity (Wildman–Crippen MR) is 62.4 cm³/mol. The van der Waals surface area contributed by atoms with Gasteiger partial charge in [0.2, 0.25) is 11.8 Å². The van der Waals surface area contributed by atoms with Gasteiger partial charge in [0.1, 0.15) is 6.04 Å². The van der Waals surface area contributed by atoms with Crippen LogP contribution in [0.2, 0.25) is 0 Å². The maximum absolute atomic E-state index is 12.0. The molecule has 5 nitrogen and oxygen atoms in total. The zero-order valence-electron chi connectivity index (χ0n) is 10.3. The third kappa shape index (κ3) is 2.97. The molecule has 0 radical (unpaired) electrons. The van der Waals surface area contributed by atoms with Crippen molar-refractivity contribution in [1.82, 2.24) is 10.2 Å². The molecule has 0 aromatic heterocycles. The van der Waals surface area contributed by atoms with E-state index in [-0.39, 0.29) is 30.5 Å². The summed E-state index contributed by atoms with van der Waals surface area (Å²) in [6, 6.07) is -0.333. The number of hydrogen-bond acceptors (Lipinski definition) is 3. The van der Waals surface area contributed by atoms with Crippen LogP contribution in [-0.2, 0) is 14.3 Å². The van der Waals surface area contributed by atoms with E-state index in [2.05, 4.69) is 5.32 Å². The highest BCUT2D eigenvalue weighted by Gasteiger charge is 2.31. The third-order valence-corrected chi connectivity index (χ3v) is 3.43. The average molecular weight is 240 g/mol. The fraction of sp³-hybridized carbons (Fsp3) is 0.833. The van der Waals surface area contributed by atoms with Crippen molar-refractivity contribution >= 4 is 11.8 Å². The van der Waals surface area contributed by atoms with E-state index in [0.29, 0.717) is 13.0 Å². The van der Waals surface area contributed by atoms with Gasteiger partial charge < -0.3 is 15.0 Å². The Balaban J connectivity index is 1.85. The second-order valence-electron chi connectivity index (χ2n) is 4.71. The molecule has 2 heterocycles. The average Bonchev–Trinajstić information content (AvgIpc) is 2.82. The lowest BCUT2D eigenvalue weighted by Gasteiger charge is -2.32. The Morgan fingerprint density at radius 3 is 2.94 bits per heavy atom. The maximum Gasteiger partial charge on any atom is 0.245 e. The monoisotopic (exact) mass is 240 g/mol. The van der Waals surface area contributed by atoms with Crippen molar-refractivity contribution in [3.8, 4) is 0 Å². The molecule has 0 aromatic rings. The molecule has 0 saturated carbocycles. The summed E-state index contributed by atoms with van der Waals surface area (Å²) in [6.45, 7) is 3.57. The molecule has 2 aliphatic rings. The van der Waals surface area contributed by atoms with Crippen LogP contribution in [-0.4, -0.2) is 48.6 Å². The zero-order valence-corrected chi connectivity index (χ0v) is 10.3. The minimum Gasteiger partial charge on any atom is -0.378 e. The van der Waals surface area contributed by atoms with Gasteiger partial charge in [-0.2, -0.15) is 0 Å². The van der Waals surface area contributed by atoms with Gasteiger partial charge in [0, 0.05) is 13.2 Å². The maximum atomic E-state index is 12.0. The first-order chi connectivity index (χ1) is 8.20. The van der Waals surface area contributed by atoms with Crippen LogP contribution in [0.25, 0.3) is 0 Å². The number of nitrogens with one attached hydrogen (secondary N) is 1. The van der Waals surface area contributed by atoms with Crippen LogP contribution in [0.15, 0.2) is 0 Å². The number of amides is 2. The van der Waals surface area contributed by atoms with Crippen LogP contribution >= 0.6 is 0 Å². The summed E-state index contributed by atoms with van der Waals surface area (Å²) in [6.07, 6.45) is 3.95. The lowest BCUT2D eigenvalue weighted by Crippen LogP contribution is -2.58. The lowest BCUT2D eigenvalue weighted by atomic mass is 10.1. The summed E-state index contributed by atoms with van der Waals surface area (Å²) >= 11 is 0. The molecule has 0 aromatic carbocycles. The molecule has 17 heavy (non-hydrogen) atoms. The fourth-order valence-corrected chi connectivity index (χ4v) is 2.41. The number of piperazine rings is 1. The molecule has 96 valence electrons. The van der Waals surface area contributed by atoms with E-state index >= 15 is 0 Å². The highest BCUT2D eigenvalue weighted by Crippen LogP contribution is 2.16. The van der Waals surface area contributed by atoms with Gasteiger partial charge in [0.25, 0.3) is 0 Å². The van der Waals surface area contributed by atoms with Gasteiger partial charge in [0.15, 0.2) is 0 Å². The van der Waals surface area contributed by atoms with Crippen molar-refractivity contribution < 1.29 is 14.3 Å². The van der Waals surface area contributed by atoms with E-state index in [1.165, 1.54) is 0 Å². The van der Waals surface area contributed by atoms with Crippen LogP contribution in [0.3, 0.4) is 0 Å². The zero-order chi connectivity index (χ0) is 12.3. The third-order valence-electron chi connectivity index (χ3n) is 3.43. The van der Waals surface area contributed by atoms with Gasteiger partial charge in [-0.1, -0.05) is 6.92 Å². The van der Waals surface area contributed by atoms with Crippen molar-refractivity contribution in [2.45, 2.75) is 44.8 Å². The Kier molecular flexibility index (Phi) is 3.99. The van der Waals surface area contributed by atoms with Gasteiger partial charge >= 0.3 is 0 Å². The van der Waals surface area contributed by atoms with Crippen molar-refractivity contribution in [3.63, 3.8) is 0 Å². The molecule has 2 aliphatic heterocycles. The van der Waals surface area contributed by atoms with Crippen LogP contribution in [0.5, 0.6) is 0 Å². The van der Waals surface area contributed by atoms with Gasteiger partial charge in [-0.3, -0.25) is 9.59 Å². The number of nitrogens with zero attached hydrogens (tertiary/aromatic N) is 1. The van der Waals surface area contributed by atoms with Crippen molar-refractivity contribution in [2.24, 2.45) is 0 Å². The van der Waals surface area contributed by atoms with Crippen LogP contribution < -0.4 is 5.32 Å². The highest BCUT2D eigenvalue weighted by molar-refractivity contribution is 5.94. The van der Waals surface area contributed by atoms with Crippen LogP contribution in [0, 0.1) is 0 Å². The highest BCUT2D eigenvalue weighted by atomic mass is 16.5. The molecule has 5 heteroatoms. The van der Waals surface area contributed by atoms with E-state index in [0.717, 1.165) is 25.9 Å². The van der Waals surface area contributed by atoms with Gasteiger partial charge in [-0.25, -0.2) is 0 Å². The molecule has 0 aliphatic carbocycles. The van der Waals surface area contributed by atoms with Gasteiger partial charge in [-0.05, 0) is 25.7 Å². The topological polar surface area (TPSA) is 58.6 Å². The first-order valence-corrected chi connectivity index (χ1v) is 6.40. The summed E-state index contributed by atoms with van der Waals surface area (Å²) in [7, 11) is 0. The SMILES string of the molecule is CCC1NC(=O)CN(CCC2CCCO2)C1=O. The molecular formula is C12H20N2O3. The standard InChI is InChI=1S/C12H20N2O3/c1-2-10-12(16)14(8-11(15)13-10)6-5-9-4-3-7-17-9/h9-10H,2-8H2,1H3,(H,13,15). The van der Waals surface area contributed by atoms with Crippen molar-refractivity contribution in [1.29, 1.82) is 0 Å². The lowest BCUT2D eigenvalue weighted by molar-refractivity contribution is -0.144. The molecule has 0 bridgehead atoms. The summed E-state index contributed by atoms with van der Waals surface area (Å²) in [5, 5.41) is 2.71. The van der Waals surface area contributed by atoms with Gasteiger partial charge in [-0.15, -0.1) is 0 Å². The molecule has 2 rings (SSSR count). The molecule has 2 unspecified atom stereocenters. The summed E-state index contributed by atoms with van der Waals surface area (Å²) in [5.41, 5.74) is 0. The van der Waals surface area contributed by atoms with Crippen LogP contribution in [0.4, 0.5) is 0 Å². The molecule has 2 amide bonds. The number of ether oxygens (including phenoxy) is 1. The van der Waals surface area contributed by atoms with Crippen LogP contribution in [0.1, 0.15) is 32.6 Å². The second-order valence-corrected chi connectivity index (χ2v) is 4.71. The molecule has 2 saturated heterocycles. The quantitative estimate of drug-likeness (QED) is 0.768. The van der Waals surface area contributed by atoms with E-state index in [9.17, 15) is 9.59 Å². The Labute approximate surface area is 101 Å².